The molecule has 5 atom stereocenters. The third-order valence-corrected chi connectivity index (χ3v) is 14.6. The van der Waals surface area contributed by atoms with Crippen LogP contribution in [0.5, 0.6) is 23.0 Å². The van der Waals surface area contributed by atoms with E-state index in [1.165, 1.54) is 52.8 Å². The van der Waals surface area contributed by atoms with Gasteiger partial charge in [0.2, 0.25) is 0 Å². The Kier molecular flexibility index (Phi) is 12.9. The number of methoxy groups -OCH3 is 2. The van der Waals surface area contributed by atoms with Gasteiger partial charge in [0, 0.05) is 44.1 Å². The van der Waals surface area contributed by atoms with E-state index in [4.69, 9.17) is 23.7 Å². The van der Waals surface area contributed by atoms with E-state index in [2.05, 4.69) is 35.8 Å². The van der Waals surface area contributed by atoms with E-state index in [-0.39, 0.29) is 67.0 Å². The molecule has 18 heteroatoms. The lowest BCUT2D eigenvalue weighted by molar-refractivity contribution is 0.0493. The first-order valence-corrected chi connectivity index (χ1v) is 21.9. The van der Waals surface area contributed by atoms with E-state index in [1.807, 2.05) is 18.0 Å². The van der Waals surface area contributed by atoms with Gasteiger partial charge in [-0.3, -0.25) is 14.6 Å². The molecule has 5 aliphatic heterocycles. The number of carbonyl (C=O) groups excluding carboxylic acids is 3. The molecule has 0 saturated carbocycles. The summed E-state index contributed by atoms with van der Waals surface area (Å²) in [4.78, 5) is 55.4. The van der Waals surface area contributed by atoms with Gasteiger partial charge in [0.15, 0.2) is 29.2 Å². The molecule has 3 amide bonds. The summed E-state index contributed by atoms with van der Waals surface area (Å²) in [7, 11) is 6.23. The molecule has 0 spiro atoms. The van der Waals surface area contributed by atoms with Crippen LogP contribution >= 0.6 is 42.8 Å². The molecule has 7 rings (SSSR count). The first kappa shape index (κ1) is 40.8. The van der Waals surface area contributed by atoms with Crippen LogP contribution in [0.25, 0.3) is 0 Å². The fourth-order valence-corrected chi connectivity index (χ4v) is 10.5. The van der Waals surface area contributed by atoms with Crippen molar-refractivity contribution in [3.05, 3.63) is 83.9 Å². The zero-order valence-electron chi connectivity index (χ0n) is 31.3. The van der Waals surface area contributed by atoms with Crippen molar-refractivity contribution in [3.63, 3.8) is 0 Å². The van der Waals surface area contributed by atoms with E-state index in [0.29, 0.717) is 57.1 Å². The number of benzene rings is 2. The molecule has 5 unspecified atom stereocenters. The van der Waals surface area contributed by atoms with Gasteiger partial charge in [-0.1, -0.05) is 47.0 Å². The maximum Gasteiger partial charge on any atom is 0.416 e. The molecule has 2 fully saturated rings. The van der Waals surface area contributed by atoms with Crippen LogP contribution in [0.2, 0.25) is 0 Å². The van der Waals surface area contributed by atoms with Gasteiger partial charge in [0.05, 0.1) is 66.6 Å². The Morgan fingerprint density at radius 3 is 2.40 bits per heavy atom. The average Bonchev–Trinajstić information content (AvgIpc) is 3.61. The Bertz CT molecular complexity index is 2090. The second kappa shape index (κ2) is 18.0. The Hall–Kier alpha value is -4.41. The topological polar surface area (TPSA) is 152 Å². The first-order chi connectivity index (χ1) is 27.6. The van der Waals surface area contributed by atoms with Crippen molar-refractivity contribution in [1.29, 1.82) is 0 Å². The lowest BCUT2D eigenvalue weighted by Gasteiger charge is -2.31. The monoisotopic (exact) mass is 851 g/mol. The predicted octanol–water partition coefficient (Wildman–Crippen LogP) is 6.80. The van der Waals surface area contributed by atoms with Crippen LogP contribution in [-0.2, 0) is 4.74 Å². The largest absolute Gasteiger partial charge is 0.493 e. The lowest BCUT2D eigenvalue weighted by atomic mass is 10.1. The molecular weight excluding hydrogens is 810 g/mol. The van der Waals surface area contributed by atoms with Gasteiger partial charge in [-0.15, -0.1) is 0 Å². The Morgan fingerprint density at radius 2 is 1.65 bits per heavy atom. The normalized spacial score (nSPS) is 21.9. The number of aliphatic imine (C=N–C) groups is 2. The molecule has 2 aromatic rings. The average molecular weight is 852 g/mol. The van der Waals surface area contributed by atoms with Crippen LogP contribution in [0.4, 0.5) is 16.2 Å². The summed E-state index contributed by atoms with van der Waals surface area (Å²) < 4.78 is 28.8. The highest BCUT2D eigenvalue weighted by Gasteiger charge is 2.46. The molecule has 2 saturated heterocycles. The van der Waals surface area contributed by atoms with Crippen LogP contribution in [0.15, 0.2) is 82.7 Å². The van der Waals surface area contributed by atoms with E-state index in [1.54, 1.807) is 29.4 Å². The number of amides is 3. The molecule has 0 radical (unpaired) electrons. The molecule has 300 valence electrons. The fourth-order valence-electron chi connectivity index (χ4n) is 6.97. The van der Waals surface area contributed by atoms with Crippen molar-refractivity contribution in [3.8, 4) is 23.0 Å². The molecule has 14 nitrogen and oxygen atoms in total. The van der Waals surface area contributed by atoms with Gasteiger partial charge in [-0.2, -0.15) is 12.6 Å². The number of hydrogen-bond donors (Lipinski definition) is 2. The number of carbonyl (C=O) groups is 3. The van der Waals surface area contributed by atoms with Crippen LogP contribution in [0.3, 0.4) is 0 Å². The number of allylic oxidation sites excluding steroid dienone is 2. The van der Waals surface area contributed by atoms with Crippen LogP contribution < -0.4 is 23.8 Å². The minimum Gasteiger partial charge on any atom is -0.493 e. The molecule has 0 bridgehead atoms. The van der Waals surface area contributed by atoms with Crippen LogP contribution in [0.1, 0.15) is 40.0 Å². The third kappa shape index (κ3) is 8.87. The van der Waals surface area contributed by atoms with Gasteiger partial charge in [0.25, 0.3) is 11.8 Å². The molecule has 1 N–H and O–H groups in total. The molecule has 0 aliphatic carbocycles. The van der Waals surface area contributed by atoms with Crippen molar-refractivity contribution in [2.24, 2.45) is 9.98 Å². The number of fused-ring (bicyclic) bond motifs is 4. The van der Waals surface area contributed by atoms with Crippen molar-refractivity contribution < 1.29 is 43.2 Å². The summed E-state index contributed by atoms with van der Waals surface area (Å²) in [5.74, 6) is 2.83. The maximum absolute atomic E-state index is 14.0. The highest BCUT2D eigenvalue weighted by Crippen LogP contribution is 2.43. The summed E-state index contributed by atoms with van der Waals surface area (Å²) in [6.45, 7) is 9.08. The summed E-state index contributed by atoms with van der Waals surface area (Å²) in [5.41, 5.74) is 2.92. The van der Waals surface area contributed by atoms with E-state index >= 15 is 0 Å². The molecular formula is C39H42N5O9PS3. The van der Waals surface area contributed by atoms with Gasteiger partial charge in [-0.25, -0.2) is 14.7 Å². The minimum atomic E-state index is -1.44. The highest BCUT2D eigenvalue weighted by molar-refractivity contribution is 8.85. The zero-order valence-corrected chi connectivity index (χ0v) is 34.8. The lowest BCUT2D eigenvalue weighted by Crippen LogP contribution is -2.51. The van der Waals surface area contributed by atoms with Gasteiger partial charge < -0.3 is 38.6 Å². The predicted molar refractivity (Wildman–Crippen MR) is 229 cm³/mol. The van der Waals surface area contributed by atoms with Crippen molar-refractivity contribution in [1.82, 2.24) is 9.80 Å². The van der Waals surface area contributed by atoms with E-state index < -0.39 is 22.9 Å². The number of aliphatic hydroxyl groups is 1. The molecule has 5 heterocycles. The summed E-state index contributed by atoms with van der Waals surface area (Å²) in [6, 6.07) is 5.49. The fraction of sp³-hybridized carbons (Fsp3) is 0.359. The second-order valence-electron chi connectivity index (χ2n) is 13.6. The minimum absolute atomic E-state index is 0.0818. The Morgan fingerprint density at radius 1 is 0.965 bits per heavy atom. The number of anilines is 1. The third-order valence-electron chi connectivity index (χ3n) is 9.66. The quantitative estimate of drug-likeness (QED) is 0.0580. The van der Waals surface area contributed by atoms with Gasteiger partial charge >= 0.3 is 6.09 Å². The maximum atomic E-state index is 14.0. The number of rotatable bonds is 12. The summed E-state index contributed by atoms with van der Waals surface area (Å²) >= 11 is 4.60. The van der Waals surface area contributed by atoms with Crippen LogP contribution in [-0.4, -0.2) is 114 Å². The first-order valence-electron chi connectivity index (χ1n) is 18.1. The Labute approximate surface area is 345 Å². The molecule has 0 aromatic heterocycles. The number of hydrogen-bond acceptors (Lipinski definition) is 14. The summed E-state index contributed by atoms with van der Waals surface area (Å²) in [5, 5.41) is 11.7. The molecule has 2 aromatic carbocycles. The second-order valence-corrected chi connectivity index (χ2v) is 18.4. The summed E-state index contributed by atoms with van der Waals surface area (Å²) in [6.07, 6.45) is 6.40. The van der Waals surface area contributed by atoms with Crippen molar-refractivity contribution in [2.75, 3.05) is 52.0 Å². The van der Waals surface area contributed by atoms with Gasteiger partial charge in [-0.05, 0) is 50.4 Å². The number of thiol groups is 1. The highest BCUT2D eigenvalue weighted by atomic mass is 33.1. The SMILES string of the molecule is C=C1CC2C=Nc3cc(OCCCOc4cc5c(cc4OC)C(=O)N4CC(=C)CC4C(O)N5C(=O)OCC(S)SSC4=NC=CC=CP4)c(OC)cc3C(=O)N2C1. The number of aliphatic hydroxyl groups excluding tert-OH is 1. The van der Waals surface area contributed by atoms with Crippen molar-refractivity contribution >= 4 is 83.1 Å². The van der Waals surface area contributed by atoms with Gasteiger partial charge in [0.1, 0.15) is 11.4 Å². The molecule has 5 aliphatic rings. The standard InChI is InChI=1S/C39H42N5O9PS3/c1-22-12-24-18-41-27-16-32(30(49-3)14-25(27)35(45)42(24)19-22)51-9-7-10-52-33-17-28-26(15-31(33)50-4)36(46)43-20-23(2)13-29(43)37(47)44(28)39(48)53-21-34(55)56-57-38-40-8-5-6-11-54-38/h5-6,8,11,14-18,24,29,34,37,47,54-55H,1-2,7,9-10,12-13,19-21H2,3-4H3. The zero-order chi connectivity index (χ0) is 40.2. The van der Waals surface area contributed by atoms with Crippen molar-refractivity contribution in [2.45, 2.75) is 42.2 Å². The smallest absolute Gasteiger partial charge is 0.416 e. The number of nitrogens with zero attached hydrogens (tertiary/aromatic N) is 5. The molecule has 57 heavy (non-hydrogen) atoms. The van der Waals surface area contributed by atoms with E-state index in [0.717, 1.165) is 20.8 Å². The van der Waals surface area contributed by atoms with E-state index in [9.17, 15) is 19.5 Å². The van der Waals surface area contributed by atoms with Crippen LogP contribution in [0, 0.1) is 0 Å². The Balaban J connectivity index is 1.04. The number of ether oxygens (including phenoxy) is 5.